The van der Waals surface area contributed by atoms with Crippen LogP contribution in [0.4, 0.5) is 4.39 Å². The Balaban J connectivity index is 2.71. The summed E-state index contributed by atoms with van der Waals surface area (Å²) in [7, 11) is 0. The number of hydrogen-bond acceptors (Lipinski definition) is 2. The molecule has 1 rings (SSSR count). The lowest BCUT2D eigenvalue weighted by Crippen LogP contribution is -2.33. The van der Waals surface area contributed by atoms with Gasteiger partial charge < -0.3 is 10.4 Å². The Morgan fingerprint density at radius 1 is 1.44 bits per heavy atom. The maximum absolute atomic E-state index is 13.0. The lowest BCUT2D eigenvalue weighted by molar-refractivity contribution is -0.141. The topological polar surface area (TPSA) is 66.4 Å². The van der Waals surface area contributed by atoms with Gasteiger partial charge in [0.2, 0.25) is 0 Å². The number of carbonyl (C=O) groups is 2. The van der Waals surface area contributed by atoms with Crippen molar-refractivity contribution in [2.75, 3.05) is 6.54 Å². The van der Waals surface area contributed by atoms with Crippen LogP contribution in [-0.2, 0) is 4.79 Å². The van der Waals surface area contributed by atoms with Gasteiger partial charge in [-0.3, -0.25) is 9.59 Å². The van der Waals surface area contributed by atoms with Crippen molar-refractivity contribution in [1.82, 2.24) is 5.32 Å². The first-order valence-corrected chi connectivity index (χ1v) is 5.72. The van der Waals surface area contributed by atoms with E-state index in [9.17, 15) is 14.0 Å². The number of carboxylic acid groups (broad SMARTS) is 1. The number of nitrogens with one attached hydrogen (secondary N) is 1. The van der Waals surface area contributed by atoms with E-state index < -0.39 is 23.6 Å². The fourth-order valence-electron chi connectivity index (χ4n) is 1.56. The van der Waals surface area contributed by atoms with Crippen molar-refractivity contribution < 1.29 is 19.1 Å². The molecule has 0 aliphatic heterocycles. The Kier molecular flexibility index (Phi) is 4.83. The highest BCUT2D eigenvalue weighted by molar-refractivity contribution is 5.95. The molecule has 1 aromatic rings. The van der Waals surface area contributed by atoms with Crippen molar-refractivity contribution in [1.29, 1.82) is 0 Å². The number of aryl methyl sites for hydroxylation is 1. The van der Waals surface area contributed by atoms with E-state index in [4.69, 9.17) is 5.11 Å². The van der Waals surface area contributed by atoms with E-state index in [2.05, 4.69) is 5.32 Å². The largest absolute Gasteiger partial charge is 0.481 e. The van der Waals surface area contributed by atoms with Crippen molar-refractivity contribution in [3.8, 4) is 0 Å². The molecule has 1 aromatic carbocycles. The van der Waals surface area contributed by atoms with E-state index in [1.807, 2.05) is 0 Å². The minimum Gasteiger partial charge on any atom is -0.481 e. The van der Waals surface area contributed by atoms with Crippen LogP contribution in [0.3, 0.4) is 0 Å². The van der Waals surface area contributed by atoms with Crippen molar-refractivity contribution >= 4 is 11.9 Å². The smallest absolute Gasteiger partial charge is 0.308 e. The van der Waals surface area contributed by atoms with Crippen LogP contribution in [0.2, 0.25) is 0 Å². The first kappa shape index (κ1) is 14.2. The lowest BCUT2D eigenvalue weighted by Gasteiger charge is -2.12. The molecule has 5 heteroatoms. The Bertz CT molecular complexity index is 460. The molecule has 0 fully saturated rings. The van der Waals surface area contributed by atoms with Crippen LogP contribution in [0.5, 0.6) is 0 Å². The summed E-state index contributed by atoms with van der Waals surface area (Å²) < 4.78 is 13.0. The van der Waals surface area contributed by atoms with Crippen LogP contribution in [0.1, 0.15) is 29.3 Å². The third kappa shape index (κ3) is 3.55. The molecule has 0 spiro atoms. The molecular formula is C13H16FNO3. The number of hydrogen-bond donors (Lipinski definition) is 2. The highest BCUT2D eigenvalue weighted by Crippen LogP contribution is 2.10. The molecule has 0 bridgehead atoms. The van der Waals surface area contributed by atoms with Gasteiger partial charge in [-0.25, -0.2) is 4.39 Å². The minimum atomic E-state index is -0.950. The molecule has 0 radical (unpaired) electrons. The summed E-state index contributed by atoms with van der Waals surface area (Å²) in [6.07, 6.45) is 0.428. The molecule has 18 heavy (non-hydrogen) atoms. The minimum absolute atomic E-state index is 0.0423. The molecule has 0 saturated heterocycles. The van der Waals surface area contributed by atoms with Gasteiger partial charge in [0.25, 0.3) is 5.91 Å². The normalized spacial score (nSPS) is 11.9. The lowest BCUT2D eigenvalue weighted by atomic mass is 10.1. The number of amides is 1. The average Bonchev–Trinajstić information content (AvgIpc) is 2.32. The maximum atomic E-state index is 13.0. The zero-order valence-electron chi connectivity index (χ0n) is 10.4. The summed E-state index contributed by atoms with van der Waals surface area (Å²) in [5, 5.41) is 11.4. The molecule has 0 saturated carbocycles. The van der Waals surface area contributed by atoms with Crippen molar-refractivity contribution in [3.63, 3.8) is 0 Å². The van der Waals surface area contributed by atoms with Gasteiger partial charge in [0.1, 0.15) is 5.82 Å². The molecule has 2 N–H and O–H groups in total. The highest BCUT2D eigenvalue weighted by Gasteiger charge is 2.17. The van der Waals surface area contributed by atoms with E-state index in [1.54, 1.807) is 13.8 Å². The van der Waals surface area contributed by atoms with E-state index >= 15 is 0 Å². The predicted molar refractivity (Wildman–Crippen MR) is 64.9 cm³/mol. The molecule has 1 atom stereocenters. The van der Waals surface area contributed by atoms with E-state index in [1.165, 1.54) is 12.1 Å². The molecule has 0 heterocycles. The maximum Gasteiger partial charge on any atom is 0.308 e. The van der Waals surface area contributed by atoms with Gasteiger partial charge in [-0.2, -0.15) is 0 Å². The number of aliphatic carboxylic acids is 1. The van der Waals surface area contributed by atoms with Gasteiger partial charge in [-0.15, -0.1) is 0 Å². The van der Waals surface area contributed by atoms with Crippen molar-refractivity contribution in [3.05, 3.63) is 35.1 Å². The molecule has 98 valence electrons. The van der Waals surface area contributed by atoms with Gasteiger partial charge in [0, 0.05) is 12.1 Å². The molecule has 4 nitrogen and oxygen atoms in total. The molecule has 0 aromatic heterocycles. The summed E-state index contributed by atoms with van der Waals surface area (Å²) in [5.41, 5.74) is 0.882. The second kappa shape index (κ2) is 6.14. The summed E-state index contributed by atoms with van der Waals surface area (Å²) in [5.74, 6) is -2.51. The van der Waals surface area contributed by atoms with Gasteiger partial charge in [-0.05, 0) is 31.0 Å². The Morgan fingerprint density at radius 3 is 2.67 bits per heavy atom. The van der Waals surface area contributed by atoms with Gasteiger partial charge in [0.05, 0.1) is 5.92 Å². The first-order chi connectivity index (χ1) is 8.45. The van der Waals surface area contributed by atoms with Crippen LogP contribution in [0, 0.1) is 18.7 Å². The molecule has 0 aliphatic carbocycles. The standard InChI is InChI=1S/C13H16FNO3/c1-3-9(13(17)18)7-15-12(16)11-6-10(14)5-4-8(11)2/h4-6,9H,3,7H2,1-2H3,(H,15,16)(H,17,18). The molecule has 0 aliphatic rings. The van der Waals surface area contributed by atoms with Crippen LogP contribution in [-0.4, -0.2) is 23.5 Å². The average molecular weight is 253 g/mol. The summed E-state index contributed by atoms with van der Waals surface area (Å²) >= 11 is 0. The van der Waals surface area contributed by atoms with Crippen LogP contribution < -0.4 is 5.32 Å². The van der Waals surface area contributed by atoms with Gasteiger partial charge in [-0.1, -0.05) is 13.0 Å². The van der Waals surface area contributed by atoms with E-state index in [0.29, 0.717) is 12.0 Å². The van der Waals surface area contributed by atoms with E-state index in [0.717, 1.165) is 6.07 Å². The Morgan fingerprint density at radius 2 is 2.11 bits per heavy atom. The zero-order valence-corrected chi connectivity index (χ0v) is 10.4. The number of carbonyl (C=O) groups excluding carboxylic acids is 1. The van der Waals surface area contributed by atoms with Crippen molar-refractivity contribution in [2.24, 2.45) is 5.92 Å². The molecule has 1 amide bonds. The first-order valence-electron chi connectivity index (χ1n) is 5.72. The van der Waals surface area contributed by atoms with E-state index in [-0.39, 0.29) is 12.1 Å². The summed E-state index contributed by atoms with van der Waals surface area (Å²) in [6.45, 7) is 3.47. The Hall–Kier alpha value is -1.91. The summed E-state index contributed by atoms with van der Waals surface area (Å²) in [6, 6.07) is 3.93. The van der Waals surface area contributed by atoms with Crippen LogP contribution >= 0.6 is 0 Å². The number of rotatable bonds is 5. The number of halogens is 1. The van der Waals surface area contributed by atoms with Gasteiger partial charge in [0.15, 0.2) is 0 Å². The number of carboxylic acids is 1. The number of benzene rings is 1. The third-order valence-corrected chi connectivity index (χ3v) is 2.80. The van der Waals surface area contributed by atoms with Gasteiger partial charge >= 0.3 is 5.97 Å². The second-order valence-corrected chi connectivity index (χ2v) is 4.11. The highest BCUT2D eigenvalue weighted by atomic mass is 19.1. The Labute approximate surface area is 105 Å². The molecular weight excluding hydrogens is 237 g/mol. The fourth-order valence-corrected chi connectivity index (χ4v) is 1.56. The quantitative estimate of drug-likeness (QED) is 0.843. The SMILES string of the molecule is CCC(CNC(=O)c1cc(F)ccc1C)C(=O)O. The third-order valence-electron chi connectivity index (χ3n) is 2.80. The van der Waals surface area contributed by atoms with Crippen LogP contribution in [0.15, 0.2) is 18.2 Å². The van der Waals surface area contributed by atoms with Crippen molar-refractivity contribution in [2.45, 2.75) is 20.3 Å². The fraction of sp³-hybridized carbons (Fsp3) is 0.385. The second-order valence-electron chi connectivity index (χ2n) is 4.11. The predicted octanol–water partition coefficient (Wildman–Crippen LogP) is 1.97. The molecule has 1 unspecified atom stereocenters. The monoisotopic (exact) mass is 253 g/mol. The zero-order chi connectivity index (χ0) is 13.7. The van der Waals surface area contributed by atoms with Crippen LogP contribution in [0.25, 0.3) is 0 Å². The summed E-state index contributed by atoms with van der Waals surface area (Å²) in [4.78, 5) is 22.6.